The van der Waals surface area contributed by atoms with Gasteiger partial charge >= 0.3 is 0 Å². The van der Waals surface area contributed by atoms with Gasteiger partial charge in [0.15, 0.2) is 0 Å². The van der Waals surface area contributed by atoms with Gasteiger partial charge < -0.3 is 10.6 Å². The van der Waals surface area contributed by atoms with E-state index in [4.69, 9.17) is 0 Å². The van der Waals surface area contributed by atoms with Gasteiger partial charge in [0.25, 0.3) is 0 Å². The molecule has 1 aliphatic heterocycles. The van der Waals surface area contributed by atoms with Gasteiger partial charge in [-0.2, -0.15) is 11.8 Å². The summed E-state index contributed by atoms with van der Waals surface area (Å²) in [5.41, 5.74) is 2.27. The fourth-order valence-electron chi connectivity index (χ4n) is 3.40. The molecular weight excluding hydrogens is 268 g/mol. The van der Waals surface area contributed by atoms with Gasteiger partial charge in [-0.1, -0.05) is 24.6 Å². The number of carbonyl (C=O) groups is 1. The highest BCUT2D eigenvalue weighted by Crippen LogP contribution is 2.33. The normalized spacial score (nSPS) is 28.6. The van der Waals surface area contributed by atoms with Crippen LogP contribution in [0.2, 0.25) is 0 Å². The van der Waals surface area contributed by atoms with Crippen molar-refractivity contribution in [3.05, 3.63) is 29.8 Å². The maximum absolute atomic E-state index is 12.6. The summed E-state index contributed by atoms with van der Waals surface area (Å²) in [6.07, 6.45) is 6.63. The molecule has 0 radical (unpaired) electrons. The van der Waals surface area contributed by atoms with E-state index >= 15 is 0 Å². The van der Waals surface area contributed by atoms with Gasteiger partial charge in [0.2, 0.25) is 5.91 Å². The number of carbonyl (C=O) groups excluding carboxylic acids is 1. The summed E-state index contributed by atoms with van der Waals surface area (Å²) in [4.78, 5) is 12.6. The summed E-state index contributed by atoms with van der Waals surface area (Å²) in [5.74, 6) is 0.223. The highest BCUT2D eigenvalue weighted by Gasteiger charge is 2.32. The number of hydrogen-bond acceptors (Lipinski definition) is 3. The van der Waals surface area contributed by atoms with Crippen molar-refractivity contribution in [1.29, 1.82) is 0 Å². The number of anilines is 1. The predicted octanol–water partition coefficient (Wildman–Crippen LogP) is 2.99. The quantitative estimate of drug-likeness (QED) is 0.899. The van der Waals surface area contributed by atoms with E-state index in [0.29, 0.717) is 11.3 Å². The molecule has 0 aromatic heterocycles. The number of thioether (sulfide) groups is 1. The fraction of sp³-hybridized carbons (Fsp3) is 0.562. The third-order valence-corrected chi connectivity index (χ3v) is 5.65. The Kier molecular flexibility index (Phi) is 4.20. The summed E-state index contributed by atoms with van der Waals surface area (Å²) < 4.78 is 0. The molecule has 1 heterocycles. The summed E-state index contributed by atoms with van der Waals surface area (Å²) in [6.45, 7) is 0.881. The first-order valence-electron chi connectivity index (χ1n) is 7.45. The van der Waals surface area contributed by atoms with Crippen molar-refractivity contribution in [2.75, 3.05) is 18.1 Å². The van der Waals surface area contributed by atoms with E-state index in [1.54, 1.807) is 0 Å². The molecule has 2 N–H and O–H groups in total. The molecule has 0 spiro atoms. The van der Waals surface area contributed by atoms with E-state index in [-0.39, 0.29) is 11.8 Å². The highest BCUT2D eigenvalue weighted by molar-refractivity contribution is 7.99. The van der Waals surface area contributed by atoms with Crippen LogP contribution in [0.3, 0.4) is 0 Å². The van der Waals surface area contributed by atoms with Crippen LogP contribution in [0.4, 0.5) is 5.69 Å². The lowest BCUT2D eigenvalue weighted by molar-refractivity contribution is -0.123. The molecule has 4 heteroatoms. The Hall–Kier alpha value is -1.16. The van der Waals surface area contributed by atoms with Gasteiger partial charge in [-0.05, 0) is 37.1 Å². The molecule has 0 bridgehead atoms. The van der Waals surface area contributed by atoms with Gasteiger partial charge in [0, 0.05) is 23.5 Å². The van der Waals surface area contributed by atoms with Gasteiger partial charge in [0.1, 0.15) is 0 Å². The molecule has 1 aromatic carbocycles. The topological polar surface area (TPSA) is 41.1 Å². The van der Waals surface area contributed by atoms with Crippen LogP contribution >= 0.6 is 11.8 Å². The number of para-hydroxylation sites is 1. The monoisotopic (exact) mass is 290 g/mol. The number of benzene rings is 1. The van der Waals surface area contributed by atoms with Crippen LogP contribution in [0.5, 0.6) is 0 Å². The van der Waals surface area contributed by atoms with E-state index in [1.165, 1.54) is 12.8 Å². The van der Waals surface area contributed by atoms with E-state index in [9.17, 15) is 4.79 Å². The van der Waals surface area contributed by atoms with E-state index < -0.39 is 0 Å². The smallest absolute Gasteiger partial charge is 0.227 e. The molecule has 20 heavy (non-hydrogen) atoms. The van der Waals surface area contributed by atoms with Crippen molar-refractivity contribution in [3.63, 3.8) is 0 Å². The number of rotatable bonds is 3. The molecule has 1 aromatic rings. The molecule has 3 atom stereocenters. The van der Waals surface area contributed by atoms with Gasteiger partial charge in [-0.25, -0.2) is 0 Å². The van der Waals surface area contributed by atoms with Crippen LogP contribution in [-0.4, -0.2) is 30.0 Å². The third kappa shape index (κ3) is 2.66. The first kappa shape index (κ1) is 13.8. The lowest BCUT2D eigenvalue weighted by atomic mass is 9.90. The minimum atomic E-state index is 0.00977. The lowest BCUT2D eigenvalue weighted by Crippen LogP contribution is -2.42. The lowest BCUT2D eigenvalue weighted by Gasteiger charge is -2.28. The molecule has 2 aliphatic rings. The minimum Gasteiger partial charge on any atom is -0.385 e. The Morgan fingerprint density at radius 1 is 1.30 bits per heavy atom. The van der Waals surface area contributed by atoms with Crippen LogP contribution < -0.4 is 10.6 Å². The fourth-order valence-corrected chi connectivity index (χ4v) is 4.33. The van der Waals surface area contributed by atoms with Crippen LogP contribution in [0.25, 0.3) is 0 Å². The Morgan fingerprint density at radius 3 is 3.00 bits per heavy atom. The number of amides is 1. The van der Waals surface area contributed by atoms with Crippen molar-refractivity contribution >= 4 is 23.4 Å². The van der Waals surface area contributed by atoms with Crippen molar-refractivity contribution in [2.45, 2.75) is 42.9 Å². The highest BCUT2D eigenvalue weighted by atomic mass is 32.2. The van der Waals surface area contributed by atoms with Crippen molar-refractivity contribution in [2.24, 2.45) is 0 Å². The zero-order valence-corrected chi connectivity index (χ0v) is 12.7. The molecule has 1 saturated carbocycles. The Morgan fingerprint density at radius 2 is 2.15 bits per heavy atom. The summed E-state index contributed by atoms with van der Waals surface area (Å²) in [6, 6.07) is 8.54. The Labute approximate surface area is 124 Å². The van der Waals surface area contributed by atoms with Crippen LogP contribution in [-0.2, 0) is 4.79 Å². The number of hydrogen-bond donors (Lipinski definition) is 2. The van der Waals surface area contributed by atoms with Gasteiger partial charge in [-0.15, -0.1) is 0 Å². The third-order valence-electron chi connectivity index (χ3n) is 4.48. The van der Waals surface area contributed by atoms with Crippen molar-refractivity contribution in [1.82, 2.24) is 5.32 Å². The largest absolute Gasteiger partial charge is 0.385 e. The Balaban J connectivity index is 1.72. The molecule has 1 fully saturated rings. The first-order chi connectivity index (χ1) is 9.79. The maximum atomic E-state index is 12.6. The van der Waals surface area contributed by atoms with Crippen LogP contribution in [0.15, 0.2) is 24.3 Å². The van der Waals surface area contributed by atoms with Crippen molar-refractivity contribution in [3.8, 4) is 0 Å². The minimum absolute atomic E-state index is 0.00977. The molecule has 108 valence electrons. The molecular formula is C16H22N2OS. The molecule has 3 rings (SSSR count). The Bertz CT molecular complexity index is 491. The summed E-state index contributed by atoms with van der Waals surface area (Å²) in [7, 11) is 0. The molecule has 1 amide bonds. The molecule has 1 aliphatic carbocycles. The molecule has 3 unspecified atom stereocenters. The second-order valence-corrected chi connectivity index (χ2v) is 6.75. The second-order valence-electron chi connectivity index (χ2n) is 5.68. The van der Waals surface area contributed by atoms with E-state index in [0.717, 1.165) is 30.6 Å². The zero-order valence-electron chi connectivity index (χ0n) is 11.9. The van der Waals surface area contributed by atoms with E-state index in [1.807, 2.05) is 23.9 Å². The first-order valence-corrected chi connectivity index (χ1v) is 8.74. The zero-order chi connectivity index (χ0) is 13.9. The summed E-state index contributed by atoms with van der Waals surface area (Å²) in [5, 5.41) is 7.27. The second kappa shape index (κ2) is 6.08. The standard InChI is InChI=1S/C16H22N2OS/c1-20-15-8-4-7-14(15)18-16(19)12-9-10-17-13-6-3-2-5-11(12)13/h2-3,5-6,12,14-15,17H,4,7-10H2,1H3,(H,18,19). The average molecular weight is 290 g/mol. The maximum Gasteiger partial charge on any atom is 0.227 e. The van der Waals surface area contributed by atoms with Gasteiger partial charge in [0.05, 0.1) is 5.92 Å². The van der Waals surface area contributed by atoms with Crippen molar-refractivity contribution < 1.29 is 4.79 Å². The number of nitrogens with one attached hydrogen (secondary N) is 2. The van der Waals surface area contributed by atoms with E-state index in [2.05, 4.69) is 29.0 Å². The number of fused-ring (bicyclic) bond motifs is 1. The average Bonchev–Trinajstić information content (AvgIpc) is 2.93. The summed E-state index contributed by atoms with van der Waals surface area (Å²) >= 11 is 1.89. The predicted molar refractivity (Wildman–Crippen MR) is 85.4 cm³/mol. The van der Waals surface area contributed by atoms with Crippen LogP contribution in [0.1, 0.15) is 37.2 Å². The van der Waals surface area contributed by atoms with Crippen LogP contribution in [0, 0.1) is 0 Å². The molecule has 3 nitrogen and oxygen atoms in total. The molecule has 0 saturated heterocycles. The SMILES string of the molecule is CSC1CCCC1NC(=O)C1CCNc2ccccc21. The van der Waals surface area contributed by atoms with Gasteiger partial charge in [-0.3, -0.25) is 4.79 Å².